The molecule has 0 bridgehead atoms. The summed E-state index contributed by atoms with van der Waals surface area (Å²) in [6, 6.07) is 6.90. The first-order valence-corrected chi connectivity index (χ1v) is 14.7. The zero-order valence-corrected chi connectivity index (χ0v) is 26.6. The third-order valence-electron chi connectivity index (χ3n) is 3.66. The maximum Gasteiger partial charge on any atom is 0.556 e. The minimum atomic E-state index is -1.81. The van der Waals surface area contributed by atoms with Gasteiger partial charge >= 0.3 is 47.8 Å². The molecule has 13 nitrogen and oxygen atoms in total. The van der Waals surface area contributed by atoms with Gasteiger partial charge in [0.2, 0.25) is 0 Å². The third kappa shape index (κ3) is 14.3. The van der Waals surface area contributed by atoms with Crippen molar-refractivity contribution in [3.05, 3.63) is 72.9 Å². The fourth-order valence-corrected chi connectivity index (χ4v) is 3.70. The van der Waals surface area contributed by atoms with Gasteiger partial charge in [-0.2, -0.15) is 0 Å². The normalized spacial score (nSPS) is 17.4. The number of benzene rings is 1. The average Bonchev–Trinajstić information content (AvgIpc) is 3.49. The second kappa shape index (κ2) is 20.0. The molecule has 0 amide bonds. The van der Waals surface area contributed by atoms with E-state index < -0.39 is 48.5 Å². The van der Waals surface area contributed by atoms with Gasteiger partial charge in [0.15, 0.2) is 26.3 Å². The zero-order valence-electron chi connectivity index (χ0n) is 21.1. The van der Waals surface area contributed by atoms with E-state index in [1.54, 1.807) is 24.3 Å². The van der Waals surface area contributed by atoms with E-state index in [4.69, 9.17) is 13.8 Å². The van der Waals surface area contributed by atoms with E-state index >= 15 is 0 Å². The quantitative estimate of drug-likeness (QED) is 0.163. The number of hydrogen-bond donors (Lipinski definition) is 0. The number of hydrogen-bond acceptors (Lipinski definition) is 13. The molecule has 2 aromatic rings. The molecule has 1 fully saturated rings. The molecule has 2 aliphatic rings. The molecule has 1 radical (unpaired) electrons. The summed E-state index contributed by atoms with van der Waals surface area (Å²) < 4.78 is 63.8. The molecule has 205 valence electrons. The van der Waals surface area contributed by atoms with Crippen LogP contribution in [0.5, 0.6) is 5.95 Å². The second-order valence-corrected chi connectivity index (χ2v) is 9.55. The molecular weight excluding hydrogens is 642 g/mol. The zero-order chi connectivity index (χ0) is 27.3. The fraction of sp³-hybridized carbons (Fsp3) is 0.333. The smallest absolute Gasteiger partial charge is 0.431 e. The predicted octanol–water partition coefficient (Wildman–Crippen LogP) is 5.52. The first-order valence-electron chi connectivity index (χ1n) is 9.87. The van der Waals surface area contributed by atoms with Gasteiger partial charge in [0.1, 0.15) is 0 Å². The Labute approximate surface area is 247 Å². The van der Waals surface area contributed by atoms with Gasteiger partial charge in [0.25, 0.3) is 12.6 Å². The van der Waals surface area contributed by atoms with E-state index in [1.807, 2.05) is 0 Å². The van der Waals surface area contributed by atoms with Crippen LogP contribution in [-0.4, -0.2) is 38.2 Å². The topological polar surface area (TPSA) is 175 Å². The summed E-state index contributed by atoms with van der Waals surface area (Å²) >= 11 is 0. The summed E-state index contributed by atoms with van der Waals surface area (Å²) in [5, 5.41) is 0. The van der Waals surface area contributed by atoms with Crippen molar-refractivity contribution >= 4 is 36.0 Å². The summed E-state index contributed by atoms with van der Waals surface area (Å²) in [4.78, 5) is 31.9. The first-order chi connectivity index (χ1) is 17.0. The molecule has 0 N–H and O–H groups in total. The molecule has 3 heterocycles. The molecule has 0 spiro atoms. The van der Waals surface area contributed by atoms with E-state index in [-0.39, 0.29) is 52.1 Å². The first kappa shape index (κ1) is 38.2. The molecule has 0 saturated carbocycles. The number of esters is 2. The van der Waals surface area contributed by atoms with Crippen LogP contribution in [0.3, 0.4) is 0 Å². The Hall–Kier alpha value is -1.97. The predicted molar refractivity (Wildman–Crippen MR) is 132 cm³/mol. The maximum atomic E-state index is 11.3. The van der Waals surface area contributed by atoms with Gasteiger partial charge in [-0.3, -0.25) is 4.79 Å². The Morgan fingerprint density at radius 2 is 1.53 bits per heavy atom. The molecule has 5 atom stereocenters. The van der Waals surface area contributed by atoms with Crippen molar-refractivity contribution in [1.82, 2.24) is 0 Å². The van der Waals surface area contributed by atoms with Gasteiger partial charge in [0, 0.05) is 44.7 Å². The Balaban J connectivity index is 0. The Morgan fingerprint density at radius 1 is 0.921 bits per heavy atom. The number of ether oxygens (including phenoxy) is 2. The molecular formula is C21H27O13P3Y+2. The summed E-state index contributed by atoms with van der Waals surface area (Å²) in [5.74, 6) is -1.73. The van der Waals surface area contributed by atoms with Gasteiger partial charge in [-0.05, 0) is 19.8 Å². The number of fused-ring (bicyclic) bond motifs is 1. The minimum absolute atomic E-state index is 0. The number of cyclic esters (lactones) is 2. The maximum absolute atomic E-state index is 11.3. The number of carbonyl (C=O) groups is 2. The van der Waals surface area contributed by atoms with Crippen LogP contribution in [-0.2, 0) is 69.7 Å². The second-order valence-electron chi connectivity index (χ2n) is 6.31. The summed E-state index contributed by atoms with van der Waals surface area (Å²) in [7, 11) is -5.25. The minimum Gasteiger partial charge on any atom is -0.431 e. The van der Waals surface area contributed by atoms with Crippen molar-refractivity contribution in [2.45, 2.75) is 25.4 Å². The molecule has 1 aromatic carbocycles. The number of carbonyl (C=O) groups excluding carboxylic acids is 2. The average molecular weight is 669 g/mol. The molecule has 1 saturated heterocycles. The van der Waals surface area contributed by atoms with E-state index in [2.05, 4.69) is 31.3 Å². The van der Waals surface area contributed by atoms with Gasteiger partial charge < -0.3 is 25.7 Å². The fourth-order valence-electron chi connectivity index (χ4n) is 2.46. The van der Waals surface area contributed by atoms with Crippen LogP contribution in [0.15, 0.2) is 57.3 Å². The molecule has 5 unspecified atom stereocenters. The van der Waals surface area contributed by atoms with E-state index in [0.717, 1.165) is 6.26 Å². The standard InChI is InChI=1S/C9H8O4P.C5H8O4P.C4H4O5P.C2H4.CH3.Y/c1-14(11)13-9-7-5-3-2-4-6(7)8(10)12-9;1-10(7)9-5-3-2-4(6)8-5;1-10(6)9-3-2-7-4(5)8-3;1-2;;/h2-5,9H,1H3;5H,2-3H2,1H3;2H,1H3;1-2H2;1H3;/q3*+1;;-1;. The van der Waals surface area contributed by atoms with Crippen molar-refractivity contribution in [3.63, 3.8) is 0 Å². The van der Waals surface area contributed by atoms with Crippen LogP contribution in [0, 0.1) is 7.43 Å². The van der Waals surface area contributed by atoms with Gasteiger partial charge in [-0.1, -0.05) is 22.7 Å². The van der Waals surface area contributed by atoms with E-state index in [1.165, 1.54) is 20.0 Å². The Kier molecular flexibility index (Phi) is 20.1. The molecule has 17 heteroatoms. The largest absolute Gasteiger partial charge is 0.556 e. The SMILES string of the molecule is C=C.C[P+](=O)OC1CCC(=O)O1.C[P+](=O)OC1OC(=O)c2ccccc21.C[P+](=O)Oc1coc(=O)o1.[CH3-].[Y]. The Morgan fingerprint density at radius 3 is 2.00 bits per heavy atom. The van der Waals surface area contributed by atoms with Crippen LogP contribution in [0.2, 0.25) is 0 Å². The van der Waals surface area contributed by atoms with Gasteiger partial charge in [-0.15, -0.1) is 17.7 Å². The molecule has 0 aliphatic carbocycles. The van der Waals surface area contributed by atoms with Crippen molar-refractivity contribution in [2.75, 3.05) is 20.0 Å². The molecule has 1 aromatic heterocycles. The van der Waals surface area contributed by atoms with Crippen LogP contribution < -0.4 is 10.3 Å². The Bertz CT molecular complexity index is 1150. The van der Waals surface area contributed by atoms with Crippen molar-refractivity contribution in [2.24, 2.45) is 0 Å². The van der Waals surface area contributed by atoms with Crippen molar-refractivity contribution in [1.29, 1.82) is 0 Å². The van der Waals surface area contributed by atoms with Crippen LogP contribution >= 0.6 is 24.1 Å². The summed E-state index contributed by atoms with van der Waals surface area (Å²) in [6.45, 7) is 10.2. The van der Waals surface area contributed by atoms with Gasteiger partial charge in [-0.25, -0.2) is 14.1 Å². The van der Waals surface area contributed by atoms with E-state index in [9.17, 15) is 28.1 Å². The molecule has 38 heavy (non-hydrogen) atoms. The third-order valence-corrected chi connectivity index (χ3v) is 5.12. The molecule has 2 aliphatic heterocycles. The van der Waals surface area contributed by atoms with Crippen LogP contribution in [0.4, 0.5) is 0 Å². The van der Waals surface area contributed by atoms with Crippen LogP contribution in [0.25, 0.3) is 0 Å². The summed E-state index contributed by atoms with van der Waals surface area (Å²) in [6.07, 6.45) is 0.467. The van der Waals surface area contributed by atoms with Crippen molar-refractivity contribution < 1.29 is 87.9 Å². The molecule has 4 rings (SSSR count). The van der Waals surface area contributed by atoms with E-state index in [0.29, 0.717) is 24.0 Å². The monoisotopic (exact) mass is 669 g/mol. The van der Waals surface area contributed by atoms with Crippen LogP contribution in [0.1, 0.15) is 35.1 Å². The van der Waals surface area contributed by atoms with Gasteiger partial charge in [0.05, 0.1) is 12.0 Å². The summed E-state index contributed by atoms with van der Waals surface area (Å²) in [5.41, 5.74) is 1.12. The number of rotatable bonds is 6. The van der Waals surface area contributed by atoms with Crippen molar-refractivity contribution in [3.8, 4) is 5.95 Å².